The fourth-order valence-electron chi connectivity index (χ4n) is 3.35. The molecule has 0 aliphatic carbocycles. The molecule has 7 nitrogen and oxygen atoms in total. The molecule has 2 heterocycles. The molecule has 148 valence electrons. The van der Waals surface area contributed by atoms with Crippen LogP contribution in [0.5, 0.6) is 0 Å². The van der Waals surface area contributed by atoms with Gasteiger partial charge in [-0.1, -0.05) is 18.2 Å². The molecule has 0 saturated carbocycles. The van der Waals surface area contributed by atoms with Crippen LogP contribution in [-0.2, 0) is 10.0 Å². The number of guanidine groups is 1. The number of hydrogen-bond donors (Lipinski definition) is 3. The summed E-state index contributed by atoms with van der Waals surface area (Å²) in [5.74, 6) is 0.551. The number of thiophene rings is 1. The van der Waals surface area contributed by atoms with E-state index in [2.05, 4.69) is 15.6 Å². The summed E-state index contributed by atoms with van der Waals surface area (Å²) in [6.07, 6.45) is 2.32. The molecule has 1 fully saturated rings. The molecule has 9 heteroatoms. The van der Waals surface area contributed by atoms with Crippen molar-refractivity contribution in [3.05, 3.63) is 35.2 Å². The Kier molecular flexibility index (Phi) is 6.36. The van der Waals surface area contributed by atoms with Crippen LogP contribution < -0.4 is 10.6 Å². The maximum absolute atomic E-state index is 11.8. The van der Waals surface area contributed by atoms with Crippen LogP contribution >= 0.6 is 11.3 Å². The van der Waals surface area contributed by atoms with Crippen molar-refractivity contribution in [2.45, 2.75) is 25.0 Å². The van der Waals surface area contributed by atoms with E-state index in [9.17, 15) is 13.5 Å². The quantitative estimate of drug-likeness (QED) is 0.496. The van der Waals surface area contributed by atoms with Gasteiger partial charge in [0.1, 0.15) is 6.10 Å². The SMILES string of the molecule is CN=C(NCC(O)c1cc2ccccc2s1)NC[C@H]1CCCN1S(C)(=O)=O. The van der Waals surface area contributed by atoms with Crippen LogP contribution in [0.3, 0.4) is 0 Å². The zero-order chi connectivity index (χ0) is 19.4. The second kappa shape index (κ2) is 8.55. The summed E-state index contributed by atoms with van der Waals surface area (Å²) in [6, 6.07) is 9.99. The molecule has 1 unspecified atom stereocenters. The van der Waals surface area contributed by atoms with Gasteiger partial charge in [0, 0.05) is 42.3 Å². The van der Waals surface area contributed by atoms with Gasteiger partial charge in [0.05, 0.1) is 6.26 Å². The Balaban J connectivity index is 1.53. The molecule has 2 aromatic rings. The third-order valence-corrected chi connectivity index (χ3v) is 7.26. The topological polar surface area (TPSA) is 94.0 Å². The fourth-order valence-corrected chi connectivity index (χ4v) is 5.58. The van der Waals surface area contributed by atoms with Gasteiger partial charge in [-0.05, 0) is 30.4 Å². The van der Waals surface area contributed by atoms with E-state index in [-0.39, 0.29) is 6.04 Å². The smallest absolute Gasteiger partial charge is 0.211 e. The molecule has 0 amide bonds. The molecule has 3 rings (SSSR count). The lowest BCUT2D eigenvalue weighted by molar-refractivity contribution is 0.184. The highest BCUT2D eigenvalue weighted by atomic mass is 32.2. The largest absolute Gasteiger partial charge is 0.386 e. The average Bonchev–Trinajstić information content (AvgIpc) is 3.28. The highest BCUT2D eigenvalue weighted by Crippen LogP contribution is 2.29. The van der Waals surface area contributed by atoms with Crippen molar-refractivity contribution in [1.29, 1.82) is 0 Å². The molecule has 1 saturated heterocycles. The number of fused-ring (bicyclic) bond motifs is 1. The molecule has 0 spiro atoms. The summed E-state index contributed by atoms with van der Waals surface area (Å²) in [5, 5.41) is 17.9. The van der Waals surface area contributed by atoms with Gasteiger partial charge >= 0.3 is 0 Å². The van der Waals surface area contributed by atoms with Crippen LogP contribution in [0.4, 0.5) is 0 Å². The Hall–Kier alpha value is -1.68. The van der Waals surface area contributed by atoms with E-state index in [0.29, 0.717) is 25.6 Å². The predicted molar refractivity (Wildman–Crippen MR) is 111 cm³/mol. The normalized spacial score (nSPS) is 20.1. The molecular formula is C18H26N4O3S2. The lowest BCUT2D eigenvalue weighted by Crippen LogP contribution is -2.46. The fraction of sp³-hybridized carbons (Fsp3) is 0.500. The third kappa shape index (κ3) is 4.98. The lowest BCUT2D eigenvalue weighted by Gasteiger charge is -2.23. The van der Waals surface area contributed by atoms with E-state index in [1.54, 1.807) is 22.7 Å². The van der Waals surface area contributed by atoms with E-state index in [1.807, 2.05) is 30.3 Å². The van der Waals surface area contributed by atoms with Crippen LogP contribution in [0.1, 0.15) is 23.8 Å². The number of sulfonamides is 1. The van der Waals surface area contributed by atoms with E-state index in [0.717, 1.165) is 27.8 Å². The highest BCUT2D eigenvalue weighted by Gasteiger charge is 2.31. The number of aliphatic imine (C=N–C) groups is 1. The lowest BCUT2D eigenvalue weighted by atomic mass is 10.2. The van der Waals surface area contributed by atoms with Crippen LogP contribution in [0, 0.1) is 0 Å². The van der Waals surface area contributed by atoms with Crippen molar-refractivity contribution >= 4 is 37.4 Å². The summed E-state index contributed by atoms with van der Waals surface area (Å²) >= 11 is 1.58. The summed E-state index contributed by atoms with van der Waals surface area (Å²) in [5.41, 5.74) is 0. The standard InChI is InChI=1S/C18H26N4O3S2/c1-19-18(20-11-14-7-5-9-22(14)27(2,24)25)21-12-15(23)17-10-13-6-3-4-8-16(13)26-17/h3-4,6,8,10,14-15,23H,5,7,9,11-12H2,1-2H3,(H2,19,20,21)/t14-,15?/m1/s1. The van der Waals surface area contributed by atoms with Crippen LogP contribution in [0.25, 0.3) is 10.1 Å². The van der Waals surface area contributed by atoms with E-state index >= 15 is 0 Å². The van der Waals surface area contributed by atoms with Gasteiger partial charge in [0.25, 0.3) is 0 Å². The van der Waals surface area contributed by atoms with Crippen LogP contribution in [0.2, 0.25) is 0 Å². The number of nitrogens with one attached hydrogen (secondary N) is 2. The Morgan fingerprint density at radius 1 is 1.41 bits per heavy atom. The van der Waals surface area contributed by atoms with Gasteiger partial charge in [0.2, 0.25) is 10.0 Å². The zero-order valence-electron chi connectivity index (χ0n) is 15.6. The van der Waals surface area contributed by atoms with Gasteiger partial charge in [-0.2, -0.15) is 4.31 Å². The second-order valence-electron chi connectivity index (χ2n) is 6.71. The average molecular weight is 411 g/mol. The molecule has 27 heavy (non-hydrogen) atoms. The number of benzene rings is 1. The number of aliphatic hydroxyl groups excluding tert-OH is 1. The molecule has 0 radical (unpaired) electrons. The molecule has 1 aliphatic heterocycles. The van der Waals surface area contributed by atoms with Crippen molar-refractivity contribution in [1.82, 2.24) is 14.9 Å². The minimum absolute atomic E-state index is 0.0638. The first-order valence-corrected chi connectivity index (χ1v) is 11.6. The maximum Gasteiger partial charge on any atom is 0.211 e. The Morgan fingerprint density at radius 2 is 2.19 bits per heavy atom. The van der Waals surface area contributed by atoms with Crippen molar-refractivity contribution in [2.75, 3.05) is 32.9 Å². The minimum Gasteiger partial charge on any atom is -0.386 e. The molecule has 3 N–H and O–H groups in total. The molecule has 0 bridgehead atoms. The van der Waals surface area contributed by atoms with Crippen molar-refractivity contribution < 1.29 is 13.5 Å². The molecule has 1 aromatic heterocycles. The summed E-state index contributed by atoms with van der Waals surface area (Å²) in [6.45, 7) is 1.39. The van der Waals surface area contributed by atoms with E-state index < -0.39 is 16.1 Å². The molecule has 2 atom stereocenters. The first kappa shape index (κ1) is 20.1. The molecular weight excluding hydrogens is 384 g/mol. The number of rotatable bonds is 6. The Bertz CT molecular complexity index is 877. The minimum atomic E-state index is -3.19. The van der Waals surface area contributed by atoms with Gasteiger partial charge in [-0.25, -0.2) is 8.42 Å². The van der Waals surface area contributed by atoms with Crippen molar-refractivity contribution in [2.24, 2.45) is 4.99 Å². The van der Waals surface area contributed by atoms with E-state index in [1.165, 1.54) is 6.26 Å². The summed E-state index contributed by atoms with van der Waals surface area (Å²) in [7, 11) is -1.53. The van der Waals surface area contributed by atoms with Crippen LogP contribution in [-0.4, -0.2) is 62.8 Å². The Morgan fingerprint density at radius 3 is 2.89 bits per heavy atom. The Labute approximate surface area is 164 Å². The van der Waals surface area contributed by atoms with Crippen molar-refractivity contribution in [3.8, 4) is 0 Å². The van der Waals surface area contributed by atoms with Crippen LogP contribution in [0.15, 0.2) is 35.3 Å². The number of nitrogens with zero attached hydrogens (tertiary/aromatic N) is 2. The highest BCUT2D eigenvalue weighted by molar-refractivity contribution is 7.88. The molecule has 1 aromatic carbocycles. The van der Waals surface area contributed by atoms with Gasteiger partial charge < -0.3 is 15.7 Å². The molecule has 1 aliphatic rings. The van der Waals surface area contributed by atoms with Gasteiger partial charge in [0.15, 0.2) is 5.96 Å². The maximum atomic E-state index is 11.8. The first-order chi connectivity index (χ1) is 12.9. The summed E-state index contributed by atoms with van der Waals surface area (Å²) < 4.78 is 26.3. The third-order valence-electron chi connectivity index (χ3n) is 4.71. The number of hydrogen-bond acceptors (Lipinski definition) is 5. The summed E-state index contributed by atoms with van der Waals surface area (Å²) in [4.78, 5) is 5.06. The monoisotopic (exact) mass is 410 g/mol. The second-order valence-corrected chi connectivity index (χ2v) is 9.76. The van der Waals surface area contributed by atoms with E-state index in [4.69, 9.17) is 0 Å². The predicted octanol–water partition coefficient (Wildman–Crippen LogP) is 1.52. The van der Waals surface area contributed by atoms with Gasteiger partial charge in [-0.3, -0.25) is 4.99 Å². The zero-order valence-corrected chi connectivity index (χ0v) is 17.2. The first-order valence-electron chi connectivity index (χ1n) is 8.96. The van der Waals surface area contributed by atoms with Gasteiger partial charge in [-0.15, -0.1) is 11.3 Å². The van der Waals surface area contributed by atoms with Crippen molar-refractivity contribution in [3.63, 3.8) is 0 Å². The number of aliphatic hydroxyl groups is 1.